The van der Waals surface area contributed by atoms with Gasteiger partial charge < -0.3 is 16.6 Å². The van der Waals surface area contributed by atoms with Crippen LogP contribution in [0, 0.1) is 0 Å². The number of aliphatic carboxylic acids is 1. The van der Waals surface area contributed by atoms with Crippen LogP contribution >= 0.6 is 0 Å². The van der Waals surface area contributed by atoms with Crippen LogP contribution in [-0.4, -0.2) is 60.6 Å². The maximum absolute atomic E-state index is 10.6. The predicted molar refractivity (Wildman–Crippen MR) is 284 cm³/mol. The van der Waals surface area contributed by atoms with E-state index in [1.54, 1.807) is 0 Å². The van der Waals surface area contributed by atoms with Crippen molar-refractivity contribution in [2.75, 3.05) is 0 Å². The molecule has 0 saturated heterocycles. The maximum atomic E-state index is 10.6. The molecular weight excluding hydrogens is 805 g/mol. The van der Waals surface area contributed by atoms with Crippen molar-refractivity contribution in [3.8, 4) is 0 Å². The first-order valence-electron chi connectivity index (χ1n) is 27.6. The number of carbonyl (C=O) groups excluding carboxylic acids is 2. The summed E-state index contributed by atoms with van der Waals surface area (Å²) in [6.07, 6.45) is 62.0. The van der Waals surface area contributed by atoms with Crippen LogP contribution in [0.25, 0.3) is 0 Å². The fourth-order valence-electron chi connectivity index (χ4n) is 7.99. The molecule has 5 N–H and O–H groups in total. The van der Waals surface area contributed by atoms with E-state index in [1.165, 1.54) is 263 Å². The molecule has 2 amide bonds. The van der Waals surface area contributed by atoms with Gasteiger partial charge in [0, 0.05) is 19.3 Å². The summed E-state index contributed by atoms with van der Waals surface area (Å²) in [6.45, 7) is 12.8. The molecule has 0 unspecified atom stereocenters. The number of primary amides is 2. The number of hydrogen-bond donors (Lipinski definition) is 3. The van der Waals surface area contributed by atoms with Gasteiger partial charge in [0.15, 0.2) is 0 Å². The molecular formula is C56H116CaN2O4. The number of amides is 2. The average Bonchev–Trinajstić information content (AvgIpc) is 3.26. The molecule has 0 aliphatic carbocycles. The summed E-state index contributed by atoms with van der Waals surface area (Å²) in [5, 5.41) is 8.52. The fourth-order valence-corrected chi connectivity index (χ4v) is 7.99. The molecule has 0 bridgehead atoms. The number of hydrogen-bond acceptors (Lipinski definition) is 3. The van der Waals surface area contributed by atoms with Crippen LogP contribution in [0.4, 0.5) is 0 Å². The Morgan fingerprint density at radius 2 is 0.413 bits per heavy atom. The Balaban J connectivity index is -0.000000259. The first-order chi connectivity index (χ1) is 30.3. The molecule has 0 spiro atoms. The quantitative estimate of drug-likeness (QED) is 0.0319. The van der Waals surface area contributed by atoms with Crippen LogP contribution < -0.4 is 11.5 Å². The Morgan fingerprint density at radius 3 is 0.540 bits per heavy atom. The van der Waals surface area contributed by atoms with Gasteiger partial charge in [-0.05, 0) is 19.3 Å². The van der Waals surface area contributed by atoms with E-state index in [2.05, 4.69) is 33.9 Å². The Labute approximate surface area is 425 Å². The van der Waals surface area contributed by atoms with E-state index in [4.69, 9.17) is 16.6 Å². The summed E-state index contributed by atoms with van der Waals surface area (Å²) >= 11 is 0. The molecule has 0 atom stereocenters. The molecule has 0 radical (unpaired) electrons. The van der Waals surface area contributed by atoms with E-state index in [0.29, 0.717) is 19.3 Å². The van der Waals surface area contributed by atoms with Gasteiger partial charge in [0.2, 0.25) is 11.8 Å². The number of unbranched alkanes of at least 4 members (excludes halogenated alkanes) is 42. The van der Waals surface area contributed by atoms with Crippen molar-refractivity contribution >= 4 is 55.5 Å². The molecule has 7 heteroatoms. The zero-order valence-corrected chi connectivity index (χ0v) is 42.7. The van der Waals surface area contributed by atoms with E-state index in [0.717, 1.165) is 25.7 Å². The van der Waals surface area contributed by atoms with E-state index >= 15 is 0 Å². The van der Waals surface area contributed by atoms with Gasteiger partial charge in [-0.3, -0.25) is 14.4 Å². The number of carbonyl (C=O) groups is 3. The van der Waals surface area contributed by atoms with Crippen LogP contribution in [0.5, 0.6) is 0 Å². The molecule has 0 aromatic carbocycles. The molecule has 0 aliphatic heterocycles. The van der Waals surface area contributed by atoms with Gasteiger partial charge >= 0.3 is 43.7 Å². The van der Waals surface area contributed by atoms with Crippen molar-refractivity contribution in [3.05, 3.63) is 13.2 Å². The van der Waals surface area contributed by atoms with Gasteiger partial charge in [0.25, 0.3) is 0 Å². The van der Waals surface area contributed by atoms with Crippen LogP contribution in [0.3, 0.4) is 0 Å². The zero-order chi connectivity index (χ0) is 46.7. The van der Waals surface area contributed by atoms with Crippen LogP contribution in [-0.2, 0) is 14.4 Å². The molecule has 0 saturated carbocycles. The summed E-state index contributed by atoms with van der Waals surface area (Å²) < 4.78 is 0. The topological polar surface area (TPSA) is 123 Å². The summed E-state index contributed by atoms with van der Waals surface area (Å²) in [4.78, 5) is 31.4. The van der Waals surface area contributed by atoms with Crippen LogP contribution in [0.2, 0.25) is 0 Å². The molecule has 0 fully saturated rings. The molecule has 0 aromatic heterocycles. The summed E-state index contributed by atoms with van der Waals surface area (Å²) in [5.41, 5.74) is 10.2. The second-order valence-corrected chi connectivity index (χ2v) is 18.4. The molecule has 6 nitrogen and oxygen atoms in total. The number of nitrogens with two attached hydrogens (primary N) is 2. The Kier molecular flexibility index (Phi) is 79.8. The minimum absolute atomic E-state index is 0. The number of carboxylic acid groups (broad SMARTS) is 1. The predicted octanol–water partition coefficient (Wildman–Crippen LogP) is 17.7. The third-order valence-corrected chi connectivity index (χ3v) is 12.0. The zero-order valence-electron chi connectivity index (χ0n) is 42.7. The van der Waals surface area contributed by atoms with Crippen molar-refractivity contribution in [2.45, 2.75) is 329 Å². The Bertz CT molecular complexity index is 738. The minimum atomic E-state index is -0.653. The molecule has 376 valence electrons. The van der Waals surface area contributed by atoms with Crippen molar-refractivity contribution in [1.29, 1.82) is 0 Å². The van der Waals surface area contributed by atoms with Crippen LogP contribution in [0.1, 0.15) is 329 Å². The molecule has 63 heavy (non-hydrogen) atoms. The van der Waals surface area contributed by atoms with E-state index in [9.17, 15) is 14.4 Å². The first-order valence-corrected chi connectivity index (χ1v) is 27.6. The van der Waals surface area contributed by atoms with Gasteiger partial charge in [0.05, 0.1) is 0 Å². The monoisotopic (exact) mass is 921 g/mol. The van der Waals surface area contributed by atoms with E-state index < -0.39 is 5.97 Å². The second-order valence-electron chi connectivity index (χ2n) is 18.4. The number of rotatable bonds is 48. The van der Waals surface area contributed by atoms with Crippen molar-refractivity contribution in [1.82, 2.24) is 0 Å². The van der Waals surface area contributed by atoms with Gasteiger partial charge in [-0.1, -0.05) is 290 Å². The molecule has 0 aliphatic rings. The van der Waals surface area contributed by atoms with Crippen molar-refractivity contribution in [3.63, 3.8) is 0 Å². The summed E-state index contributed by atoms with van der Waals surface area (Å²) in [6, 6.07) is 0. The second kappa shape index (κ2) is 70.4. The first kappa shape index (κ1) is 71.4. The van der Waals surface area contributed by atoms with Gasteiger partial charge in [-0.25, -0.2) is 0 Å². The van der Waals surface area contributed by atoms with Crippen LogP contribution in [0.15, 0.2) is 13.2 Å². The van der Waals surface area contributed by atoms with Gasteiger partial charge in [-0.15, -0.1) is 13.2 Å². The van der Waals surface area contributed by atoms with E-state index in [1.807, 2.05) is 0 Å². The van der Waals surface area contributed by atoms with Gasteiger partial charge in [-0.2, -0.15) is 0 Å². The number of carboxylic acids is 1. The van der Waals surface area contributed by atoms with Crippen molar-refractivity contribution in [2.24, 2.45) is 11.5 Å². The fraction of sp³-hybridized carbons (Fsp3) is 0.911. The molecule has 0 aromatic rings. The van der Waals surface area contributed by atoms with E-state index in [-0.39, 0.29) is 49.6 Å². The average molecular weight is 922 g/mol. The summed E-state index contributed by atoms with van der Waals surface area (Å²) in [7, 11) is 0. The standard InChI is InChI=1S/2C18H37NO.C18H36O2.C2H4.Ca.2H/c3*1-2-3-4-5-6-7-8-9-10-11-12-13-14-15-16-17-18(19)20;1-2;;;/h2*2-17H2,1H3,(H2,19,20);2-17H2,1H3,(H,19,20);1-2H2;;;. The SMILES string of the molecule is C=C.CCCCCCCCCCCCCCCCCC(=O)O.CCCCCCCCCCCCCCCCCC(N)=O.CCCCCCCCCCCCCCCCCC(N)=O.[CaH2]. The van der Waals surface area contributed by atoms with Gasteiger partial charge in [0.1, 0.15) is 0 Å². The van der Waals surface area contributed by atoms with Crippen molar-refractivity contribution < 1.29 is 19.5 Å². The molecule has 0 rings (SSSR count). The molecule has 0 heterocycles. The summed E-state index contributed by atoms with van der Waals surface area (Å²) in [5.74, 6) is -0.959. The third kappa shape index (κ3) is 85.3. The Morgan fingerprint density at radius 1 is 0.286 bits per heavy atom. The normalized spacial score (nSPS) is 10.4. The Hall–Kier alpha value is -0.590. The third-order valence-electron chi connectivity index (χ3n) is 12.0.